The summed E-state index contributed by atoms with van der Waals surface area (Å²) in [6.45, 7) is 4.41. The molecule has 0 radical (unpaired) electrons. The van der Waals surface area contributed by atoms with Crippen molar-refractivity contribution in [3.05, 3.63) is 90.5 Å². The molecule has 3 aromatic rings. The minimum absolute atomic E-state index is 0.0764. The fourth-order valence-corrected chi connectivity index (χ4v) is 6.25. The Morgan fingerprint density at radius 3 is 2.14 bits per heavy atom. The van der Waals surface area contributed by atoms with Crippen molar-refractivity contribution in [3.63, 3.8) is 0 Å². The predicted molar refractivity (Wildman–Crippen MR) is 148 cm³/mol. The van der Waals surface area contributed by atoms with Crippen LogP contribution in [-0.4, -0.2) is 55.5 Å². The van der Waals surface area contributed by atoms with Gasteiger partial charge in [-0.2, -0.15) is 0 Å². The molecule has 2 fully saturated rings. The second-order valence-electron chi connectivity index (χ2n) is 10.4. The zero-order chi connectivity index (χ0) is 25.2. The molecule has 0 bridgehead atoms. The SMILES string of the molecule is O=C1C2CCC[C@H]2N(C(=O)CN2CCN(c3ccccc3)CC2)c2ccccc2N1Cc1ccccc1. The van der Waals surface area contributed by atoms with E-state index in [-0.39, 0.29) is 23.8 Å². The zero-order valence-corrected chi connectivity index (χ0v) is 21.2. The molecule has 2 aliphatic heterocycles. The van der Waals surface area contributed by atoms with Gasteiger partial charge >= 0.3 is 0 Å². The number of carbonyl (C=O) groups is 2. The molecule has 2 amide bonds. The molecule has 1 aliphatic carbocycles. The minimum atomic E-state index is -0.157. The number of amides is 2. The summed E-state index contributed by atoms with van der Waals surface area (Å²) in [6.07, 6.45) is 2.68. The van der Waals surface area contributed by atoms with Crippen molar-refractivity contribution >= 4 is 28.9 Å². The molecule has 190 valence electrons. The number of hydrogen-bond donors (Lipinski definition) is 0. The van der Waals surface area contributed by atoms with Gasteiger partial charge in [0, 0.05) is 37.9 Å². The molecule has 6 nitrogen and oxygen atoms in total. The van der Waals surface area contributed by atoms with Gasteiger partial charge in [-0.3, -0.25) is 14.5 Å². The normalized spacial score (nSPS) is 21.9. The summed E-state index contributed by atoms with van der Waals surface area (Å²) < 4.78 is 0. The molecule has 6 heteroatoms. The number of rotatable bonds is 5. The summed E-state index contributed by atoms with van der Waals surface area (Å²) in [6, 6.07) is 28.5. The molecule has 2 atom stereocenters. The second kappa shape index (κ2) is 10.4. The molecular weight excluding hydrogens is 460 g/mol. The van der Waals surface area contributed by atoms with Gasteiger partial charge in [-0.15, -0.1) is 0 Å². The van der Waals surface area contributed by atoms with Gasteiger partial charge < -0.3 is 14.7 Å². The van der Waals surface area contributed by atoms with Gasteiger partial charge in [-0.05, 0) is 42.7 Å². The highest BCUT2D eigenvalue weighted by atomic mass is 16.2. The van der Waals surface area contributed by atoms with Gasteiger partial charge in [0.1, 0.15) is 0 Å². The maximum absolute atomic E-state index is 14.0. The second-order valence-corrected chi connectivity index (χ2v) is 10.4. The number of para-hydroxylation sites is 3. The first-order chi connectivity index (χ1) is 18.2. The molecule has 3 aromatic carbocycles. The van der Waals surface area contributed by atoms with Crippen molar-refractivity contribution in [1.82, 2.24) is 4.90 Å². The molecule has 2 heterocycles. The molecule has 0 aromatic heterocycles. The van der Waals surface area contributed by atoms with Crippen LogP contribution in [0.2, 0.25) is 0 Å². The Morgan fingerprint density at radius 1 is 0.757 bits per heavy atom. The highest BCUT2D eigenvalue weighted by molar-refractivity contribution is 6.07. The Labute approximate surface area is 219 Å². The van der Waals surface area contributed by atoms with Gasteiger partial charge in [-0.25, -0.2) is 0 Å². The van der Waals surface area contributed by atoms with Gasteiger partial charge in [-0.1, -0.05) is 67.1 Å². The lowest BCUT2D eigenvalue weighted by molar-refractivity contribution is -0.123. The fourth-order valence-electron chi connectivity index (χ4n) is 6.25. The van der Waals surface area contributed by atoms with Crippen molar-refractivity contribution in [2.75, 3.05) is 47.4 Å². The average Bonchev–Trinajstić information content (AvgIpc) is 3.40. The van der Waals surface area contributed by atoms with Crippen LogP contribution < -0.4 is 14.7 Å². The lowest BCUT2D eigenvalue weighted by Gasteiger charge is -2.37. The molecule has 37 heavy (non-hydrogen) atoms. The van der Waals surface area contributed by atoms with E-state index in [2.05, 4.69) is 46.2 Å². The number of nitrogens with zero attached hydrogens (tertiary/aromatic N) is 4. The Morgan fingerprint density at radius 2 is 1.41 bits per heavy atom. The summed E-state index contributed by atoms with van der Waals surface area (Å²) in [5.74, 6) is 0.0902. The Bertz CT molecular complexity index is 1240. The molecule has 1 unspecified atom stereocenters. The molecular formula is C31H34N4O2. The maximum Gasteiger partial charge on any atom is 0.241 e. The lowest BCUT2D eigenvalue weighted by Crippen LogP contribution is -2.52. The minimum Gasteiger partial charge on any atom is -0.369 e. The predicted octanol–water partition coefficient (Wildman–Crippen LogP) is 4.56. The van der Waals surface area contributed by atoms with Crippen molar-refractivity contribution in [3.8, 4) is 0 Å². The highest BCUT2D eigenvalue weighted by Gasteiger charge is 2.45. The summed E-state index contributed by atoms with van der Waals surface area (Å²) in [5, 5.41) is 0. The van der Waals surface area contributed by atoms with Crippen molar-refractivity contribution < 1.29 is 9.59 Å². The monoisotopic (exact) mass is 494 g/mol. The van der Waals surface area contributed by atoms with Gasteiger partial charge in [0.15, 0.2) is 0 Å². The standard InChI is InChI=1S/C31H34N4O2/c36-30(23-32-18-20-33(21-19-32)25-12-5-2-6-13-25)35-27-17-9-14-26(27)31(37)34(22-24-10-3-1-4-11-24)28-15-7-8-16-29(28)35/h1-8,10-13,15-16,26-27H,9,14,17-23H2/t26?,27-/m1/s1. The van der Waals surface area contributed by atoms with Gasteiger partial charge in [0.2, 0.25) is 11.8 Å². The van der Waals surface area contributed by atoms with E-state index in [9.17, 15) is 9.59 Å². The largest absolute Gasteiger partial charge is 0.369 e. The van der Waals surface area contributed by atoms with E-state index >= 15 is 0 Å². The van der Waals surface area contributed by atoms with Crippen molar-refractivity contribution in [1.29, 1.82) is 0 Å². The van der Waals surface area contributed by atoms with Crippen LogP contribution in [0.5, 0.6) is 0 Å². The smallest absolute Gasteiger partial charge is 0.241 e. The molecule has 1 saturated carbocycles. The third-order valence-corrected chi connectivity index (χ3v) is 8.13. The molecule has 1 saturated heterocycles. The van der Waals surface area contributed by atoms with Crippen molar-refractivity contribution in [2.45, 2.75) is 31.8 Å². The molecule has 6 rings (SSSR count). The molecule has 3 aliphatic rings. The Kier molecular flexibility index (Phi) is 6.66. The van der Waals surface area contributed by atoms with Crippen LogP contribution in [0.1, 0.15) is 24.8 Å². The maximum atomic E-state index is 14.0. The summed E-state index contributed by atoms with van der Waals surface area (Å²) in [4.78, 5) is 36.4. The number of piperazine rings is 1. The van der Waals surface area contributed by atoms with Crippen LogP contribution >= 0.6 is 0 Å². The van der Waals surface area contributed by atoms with Crippen LogP contribution in [0, 0.1) is 5.92 Å². The topological polar surface area (TPSA) is 47.1 Å². The first-order valence-corrected chi connectivity index (χ1v) is 13.5. The first kappa shape index (κ1) is 23.7. The summed E-state index contributed by atoms with van der Waals surface area (Å²) >= 11 is 0. The molecule has 0 N–H and O–H groups in total. The number of fused-ring (bicyclic) bond motifs is 2. The van der Waals surface area contributed by atoms with E-state index in [0.717, 1.165) is 62.4 Å². The third-order valence-electron chi connectivity index (χ3n) is 8.13. The zero-order valence-electron chi connectivity index (χ0n) is 21.2. The Hall–Kier alpha value is -3.64. The van der Waals surface area contributed by atoms with Crippen LogP contribution in [0.3, 0.4) is 0 Å². The van der Waals surface area contributed by atoms with Crippen LogP contribution in [0.15, 0.2) is 84.9 Å². The van der Waals surface area contributed by atoms with E-state index in [1.807, 2.05) is 58.3 Å². The number of benzene rings is 3. The van der Waals surface area contributed by atoms with Crippen LogP contribution in [-0.2, 0) is 16.1 Å². The highest BCUT2D eigenvalue weighted by Crippen LogP contribution is 2.43. The quantitative estimate of drug-likeness (QED) is 0.522. The lowest BCUT2D eigenvalue weighted by atomic mass is 10.0. The Balaban J connectivity index is 1.24. The van der Waals surface area contributed by atoms with E-state index in [4.69, 9.17) is 0 Å². The third kappa shape index (κ3) is 4.74. The fraction of sp³-hybridized carbons (Fsp3) is 0.355. The first-order valence-electron chi connectivity index (χ1n) is 13.5. The van der Waals surface area contributed by atoms with E-state index in [0.29, 0.717) is 13.1 Å². The summed E-state index contributed by atoms with van der Waals surface area (Å²) in [5.41, 5.74) is 4.04. The van der Waals surface area contributed by atoms with Gasteiger partial charge in [0.25, 0.3) is 0 Å². The average molecular weight is 495 g/mol. The van der Waals surface area contributed by atoms with E-state index in [1.54, 1.807) is 0 Å². The van der Waals surface area contributed by atoms with Crippen molar-refractivity contribution in [2.24, 2.45) is 5.92 Å². The number of carbonyl (C=O) groups excluding carboxylic acids is 2. The number of hydrogen-bond acceptors (Lipinski definition) is 4. The summed E-state index contributed by atoms with van der Waals surface area (Å²) in [7, 11) is 0. The van der Waals surface area contributed by atoms with E-state index < -0.39 is 0 Å². The van der Waals surface area contributed by atoms with Crippen LogP contribution in [0.4, 0.5) is 17.1 Å². The number of anilines is 3. The van der Waals surface area contributed by atoms with E-state index in [1.165, 1.54) is 5.69 Å². The van der Waals surface area contributed by atoms with Crippen LogP contribution in [0.25, 0.3) is 0 Å². The van der Waals surface area contributed by atoms with Gasteiger partial charge in [0.05, 0.1) is 30.4 Å². The molecule has 0 spiro atoms.